The van der Waals surface area contributed by atoms with E-state index >= 15 is 0 Å². The highest BCUT2D eigenvalue weighted by molar-refractivity contribution is 5.93. The van der Waals surface area contributed by atoms with E-state index in [-0.39, 0.29) is 23.7 Å². The monoisotopic (exact) mass is 382 g/mol. The SMILES string of the molecule is O=C(NC1CCN(C(=O)c2ccco2)CC1)c1ccn(-c2ccc(F)cc2)n1. The number of hydrogen-bond donors (Lipinski definition) is 1. The molecular formula is C20H19FN4O3. The number of aromatic nitrogens is 2. The molecular weight excluding hydrogens is 363 g/mol. The van der Waals surface area contributed by atoms with E-state index in [9.17, 15) is 14.0 Å². The number of nitrogens with zero attached hydrogens (tertiary/aromatic N) is 3. The molecule has 0 atom stereocenters. The molecule has 1 N–H and O–H groups in total. The van der Waals surface area contributed by atoms with Gasteiger partial charge in [0.1, 0.15) is 5.82 Å². The predicted molar refractivity (Wildman–Crippen MR) is 98.6 cm³/mol. The topological polar surface area (TPSA) is 80.4 Å². The fourth-order valence-electron chi connectivity index (χ4n) is 3.23. The minimum Gasteiger partial charge on any atom is -0.459 e. The van der Waals surface area contributed by atoms with Crippen LogP contribution in [0.5, 0.6) is 0 Å². The minimum atomic E-state index is -0.328. The van der Waals surface area contributed by atoms with Gasteiger partial charge in [-0.05, 0) is 55.3 Å². The van der Waals surface area contributed by atoms with Gasteiger partial charge in [0.05, 0.1) is 12.0 Å². The molecule has 0 radical (unpaired) electrons. The Morgan fingerprint density at radius 3 is 2.54 bits per heavy atom. The first kappa shape index (κ1) is 18.0. The van der Waals surface area contributed by atoms with Crippen LogP contribution >= 0.6 is 0 Å². The Bertz CT molecular complexity index is 958. The fourth-order valence-corrected chi connectivity index (χ4v) is 3.23. The van der Waals surface area contributed by atoms with Gasteiger partial charge in [-0.25, -0.2) is 9.07 Å². The van der Waals surface area contributed by atoms with Gasteiger partial charge >= 0.3 is 0 Å². The second-order valence-electron chi connectivity index (χ2n) is 6.64. The molecule has 1 aliphatic heterocycles. The van der Waals surface area contributed by atoms with E-state index < -0.39 is 0 Å². The number of carbonyl (C=O) groups is 2. The number of furan rings is 1. The van der Waals surface area contributed by atoms with Crippen molar-refractivity contribution >= 4 is 11.8 Å². The van der Waals surface area contributed by atoms with Crippen molar-refractivity contribution in [2.24, 2.45) is 0 Å². The van der Waals surface area contributed by atoms with Gasteiger partial charge < -0.3 is 14.6 Å². The van der Waals surface area contributed by atoms with Crippen molar-refractivity contribution in [3.63, 3.8) is 0 Å². The van der Waals surface area contributed by atoms with Crippen LogP contribution in [-0.2, 0) is 0 Å². The van der Waals surface area contributed by atoms with Crippen LogP contribution in [0.1, 0.15) is 33.9 Å². The zero-order valence-corrected chi connectivity index (χ0v) is 15.0. The highest BCUT2D eigenvalue weighted by Gasteiger charge is 2.26. The smallest absolute Gasteiger partial charge is 0.289 e. The van der Waals surface area contributed by atoms with Gasteiger partial charge in [0.2, 0.25) is 0 Å². The van der Waals surface area contributed by atoms with Gasteiger partial charge in [0.15, 0.2) is 11.5 Å². The Labute approximate surface area is 160 Å². The molecule has 1 fully saturated rings. The van der Waals surface area contributed by atoms with E-state index in [1.807, 2.05) is 0 Å². The van der Waals surface area contributed by atoms with E-state index in [0.717, 1.165) is 0 Å². The second kappa shape index (κ2) is 7.67. The summed E-state index contributed by atoms with van der Waals surface area (Å²) < 4.78 is 19.7. The van der Waals surface area contributed by atoms with Crippen molar-refractivity contribution in [2.75, 3.05) is 13.1 Å². The van der Waals surface area contributed by atoms with E-state index in [4.69, 9.17) is 4.42 Å². The van der Waals surface area contributed by atoms with Crippen LogP contribution in [0, 0.1) is 5.82 Å². The molecule has 144 valence electrons. The van der Waals surface area contributed by atoms with Gasteiger partial charge in [0.25, 0.3) is 11.8 Å². The summed E-state index contributed by atoms with van der Waals surface area (Å²) in [6.07, 6.45) is 4.46. The van der Waals surface area contributed by atoms with Crippen molar-refractivity contribution in [3.05, 3.63) is 72.2 Å². The van der Waals surface area contributed by atoms with Crippen LogP contribution in [-0.4, -0.2) is 45.6 Å². The van der Waals surface area contributed by atoms with Gasteiger partial charge in [-0.1, -0.05) is 0 Å². The first-order chi connectivity index (χ1) is 13.6. The Kier molecular flexibility index (Phi) is 4.92. The molecule has 3 heterocycles. The van der Waals surface area contributed by atoms with Crippen LogP contribution < -0.4 is 5.32 Å². The molecule has 0 saturated carbocycles. The zero-order chi connectivity index (χ0) is 19.5. The Balaban J connectivity index is 1.32. The molecule has 2 amide bonds. The van der Waals surface area contributed by atoms with Gasteiger partial charge in [0, 0.05) is 25.3 Å². The van der Waals surface area contributed by atoms with E-state index in [1.54, 1.807) is 41.4 Å². The summed E-state index contributed by atoms with van der Waals surface area (Å²) in [6.45, 7) is 1.10. The number of piperidine rings is 1. The number of rotatable bonds is 4. The highest BCUT2D eigenvalue weighted by Crippen LogP contribution is 2.15. The maximum absolute atomic E-state index is 13.0. The third-order valence-corrected chi connectivity index (χ3v) is 4.76. The summed E-state index contributed by atoms with van der Waals surface area (Å²) in [6, 6.07) is 10.8. The van der Waals surface area contributed by atoms with Crippen molar-refractivity contribution in [1.82, 2.24) is 20.0 Å². The summed E-state index contributed by atoms with van der Waals surface area (Å²) in [5, 5.41) is 7.22. The first-order valence-electron chi connectivity index (χ1n) is 9.05. The molecule has 2 aromatic heterocycles. The van der Waals surface area contributed by atoms with Gasteiger partial charge in [-0.3, -0.25) is 9.59 Å². The number of nitrogens with one attached hydrogen (secondary N) is 1. The summed E-state index contributed by atoms with van der Waals surface area (Å²) in [7, 11) is 0. The summed E-state index contributed by atoms with van der Waals surface area (Å²) in [4.78, 5) is 26.5. The number of benzene rings is 1. The molecule has 0 unspecified atom stereocenters. The predicted octanol–water partition coefficient (Wildman–Crippen LogP) is 2.64. The molecule has 1 aromatic carbocycles. The Morgan fingerprint density at radius 2 is 1.86 bits per heavy atom. The van der Waals surface area contributed by atoms with E-state index in [2.05, 4.69) is 10.4 Å². The summed E-state index contributed by atoms with van der Waals surface area (Å²) >= 11 is 0. The number of halogens is 1. The number of hydrogen-bond acceptors (Lipinski definition) is 4. The summed E-state index contributed by atoms with van der Waals surface area (Å²) in [5.74, 6) is -0.399. The van der Waals surface area contributed by atoms with E-state index in [1.165, 1.54) is 23.1 Å². The van der Waals surface area contributed by atoms with Crippen LogP contribution in [0.15, 0.2) is 59.3 Å². The highest BCUT2D eigenvalue weighted by atomic mass is 19.1. The van der Waals surface area contributed by atoms with Crippen molar-refractivity contribution < 1.29 is 18.4 Å². The zero-order valence-electron chi connectivity index (χ0n) is 15.0. The molecule has 0 bridgehead atoms. The largest absolute Gasteiger partial charge is 0.459 e. The van der Waals surface area contributed by atoms with Crippen molar-refractivity contribution in [2.45, 2.75) is 18.9 Å². The summed E-state index contributed by atoms with van der Waals surface area (Å²) in [5.41, 5.74) is 0.962. The third-order valence-electron chi connectivity index (χ3n) is 4.76. The molecule has 28 heavy (non-hydrogen) atoms. The Morgan fingerprint density at radius 1 is 1.11 bits per heavy atom. The van der Waals surface area contributed by atoms with Crippen molar-refractivity contribution in [3.8, 4) is 5.69 Å². The van der Waals surface area contributed by atoms with Crippen LogP contribution in [0.2, 0.25) is 0 Å². The normalized spacial score (nSPS) is 14.8. The lowest BCUT2D eigenvalue weighted by molar-refractivity contribution is 0.0667. The van der Waals surface area contributed by atoms with E-state index in [0.29, 0.717) is 43.1 Å². The van der Waals surface area contributed by atoms with Gasteiger partial charge in [-0.2, -0.15) is 5.10 Å². The molecule has 8 heteroatoms. The molecule has 4 rings (SSSR count). The third kappa shape index (κ3) is 3.80. The first-order valence-corrected chi connectivity index (χ1v) is 9.05. The van der Waals surface area contributed by atoms with Crippen LogP contribution in [0.4, 0.5) is 4.39 Å². The second-order valence-corrected chi connectivity index (χ2v) is 6.64. The lowest BCUT2D eigenvalue weighted by Gasteiger charge is -2.31. The quantitative estimate of drug-likeness (QED) is 0.752. The molecule has 1 aliphatic rings. The fraction of sp³-hybridized carbons (Fsp3) is 0.250. The average molecular weight is 382 g/mol. The molecule has 0 spiro atoms. The van der Waals surface area contributed by atoms with Crippen LogP contribution in [0.25, 0.3) is 5.69 Å². The Hall–Kier alpha value is -3.42. The number of likely N-dealkylation sites (tertiary alicyclic amines) is 1. The lowest BCUT2D eigenvalue weighted by Crippen LogP contribution is -2.46. The molecule has 1 saturated heterocycles. The molecule has 3 aromatic rings. The van der Waals surface area contributed by atoms with Crippen molar-refractivity contribution in [1.29, 1.82) is 0 Å². The molecule has 7 nitrogen and oxygen atoms in total. The van der Waals surface area contributed by atoms with Crippen LogP contribution in [0.3, 0.4) is 0 Å². The molecule has 0 aliphatic carbocycles. The maximum atomic E-state index is 13.0. The number of amides is 2. The standard InChI is InChI=1S/C20H19FN4O3/c21-14-3-5-16(6-4-14)25-12-9-17(23-25)19(26)22-15-7-10-24(11-8-15)20(27)18-2-1-13-28-18/h1-6,9,12-13,15H,7-8,10-11H2,(H,22,26). The lowest BCUT2D eigenvalue weighted by atomic mass is 10.0. The van der Waals surface area contributed by atoms with Gasteiger partial charge in [-0.15, -0.1) is 0 Å². The number of carbonyl (C=O) groups excluding carboxylic acids is 2. The maximum Gasteiger partial charge on any atom is 0.289 e. The minimum absolute atomic E-state index is 0.0240. The average Bonchev–Trinajstić information content (AvgIpc) is 3.41.